The summed E-state index contributed by atoms with van der Waals surface area (Å²) in [6.45, 7) is 8.91. The van der Waals surface area contributed by atoms with Crippen LogP contribution in [0.3, 0.4) is 0 Å². The van der Waals surface area contributed by atoms with Crippen LogP contribution in [0.1, 0.15) is 49.9 Å². The lowest BCUT2D eigenvalue weighted by molar-refractivity contribution is 0.294. The van der Waals surface area contributed by atoms with Gasteiger partial charge in [0, 0.05) is 24.6 Å². The molecule has 2 fully saturated rings. The van der Waals surface area contributed by atoms with Crippen molar-refractivity contribution >= 4 is 17.4 Å². The molecule has 1 N–H and O–H groups in total. The summed E-state index contributed by atoms with van der Waals surface area (Å²) in [7, 11) is 0. The minimum absolute atomic E-state index is 0.533. The van der Waals surface area contributed by atoms with Gasteiger partial charge in [0.15, 0.2) is 0 Å². The molecule has 1 aliphatic carbocycles. The molecule has 0 radical (unpaired) electrons. The predicted octanol–water partition coefficient (Wildman–Crippen LogP) is 3.46. The predicted molar refractivity (Wildman–Crippen MR) is 87.1 cm³/mol. The third-order valence-corrected chi connectivity index (χ3v) is 4.80. The Morgan fingerprint density at radius 3 is 2.67 bits per heavy atom. The van der Waals surface area contributed by atoms with E-state index < -0.39 is 0 Å². The molecule has 1 saturated heterocycles. The maximum absolute atomic E-state index is 6.24. The Morgan fingerprint density at radius 2 is 2.00 bits per heavy atom. The van der Waals surface area contributed by atoms with Gasteiger partial charge in [-0.3, -0.25) is 0 Å². The Balaban J connectivity index is 1.58. The number of hydrogen-bond donors (Lipinski definition) is 1. The Labute approximate surface area is 132 Å². The third-order valence-electron chi connectivity index (χ3n) is 4.43. The van der Waals surface area contributed by atoms with E-state index in [9.17, 15) is 0 Å². The minimum Gasteiger partial charge on any atom is -0.369 e. The van der Waals surface area contributed by atoms with Gasteiger partial charge in [-0.2, -0.15) is 0 Å². The van der Waals surface area contributed by atoms with Crippen LogP contribution in [0.2, 0.25) is 5.15 Å². The zero-order chi connectivity index (χ0) is 14.8. The fraction of sp³-hybridized carbons (Fsp3) is 0.750. The molecule has 1 aromatic heterocycles. The van der Waals surface area contributed by atoms with Crippen molar-refractivity contribution in [3.8, 4) is 0 Å². The van der Waals surface area contributed by atoms with Gasteiger partial charge >= 0.3 is 0 Å². The second-order valence-electron chi connectivity index (χ2n) is 6.61. The summed E-state index contributed by atoms with van der Waals surface area (Å²) in [6, 6.07) is 0. The van der Waals surface area contributed by atoms with E-state index >= 15 is 0 Å². The number of likely N-dealkylation sites (tertiary alicyclic amines) is 1. The minimum atomic E-state index is 0.533. The van der Waals surface area contributed by atoms with Gasteiger partial charge in [0.2, 0.25) is 0 Å². The summed E-state index contributed by atoms with van der Waals surface area (Å²) in [5, 5.41) is 4.09. The lowest BCUT2D eigenvalue weighted by atomic mass is 10.1. The van der Waals surface area contributed by atoms with Crippen LogP contribution in [0.4, 0.5) is 5.82 Å². The van der Waals surface area contributed by atoms with Gasteiger partial charge in [-0.15, -0.1) is 0 Å². The van der Waals surface area contributed by atoms with Crippen molar-refractivity contribution in [2.24, 2.45) is 5.92 Å². The van der Waals surface area contributed by atoms with Crippen molar-refractivity contribution in [2.75, 3.05) is 31.5 Å². The molecule has 5 heteroatoms. The first-order valence-corrected chi connectivity index (χ1v) is 8.51. The largest absolute Gasteiger partial charge is 0.369 e. The Hall–Kier alpha value is -0.870. The van der Waals surface area contributed by atoms with E-state index in [1.807, 2.05) is 6.92 Å². The summed E-state index contributed by atoms with van der Waals surface area (Å²) in [5.74, 6) is 2.98. The van der Waals surface area contributed by atoms with E-state index in [4.69, 9.17) is 11.6 Å². The summed E-state index contributed by atoms with van der Waals surface area (Å²) in [4.78, 5) is 11.6. The molecule has 2 heterocycles. The number of anilines is 1. The Kier molecular flexibility index (Phi) is 4.65. The summed E-state index contributed by atoms with van der Waals surface area (Å²) >= 11 is 6.24. The first-order chi connectivity index (χ1) is 10.1. The first-order valence-electron chi connectivity index (χ1n) is 8.13. The van der Waals surface area contributed by atoms with Crippen LogP contribution in [0.25, 0.3) is 0 Å². The normalized spacial score (nSPS) is 20.7. The highest BCUT2D eigenvalue weighted by Crippen LogP contribution is 2.39. The molecular weight excluding hydrogens is 284 g/mol. The molecule has 1 aromatic rings. The summed E-state index contributed by atoms with van der Waals surface area (Å²) < 4.78 is 0. The molecule has 0 spiro atoms. The fourth-order valence-corrected chi connectivity index (χ4v) is 3.12. The van der Waals surface area contributed by atoms with Gasteiger partial charge in [-0.05, 0) is 51.6 Å². The van der Waals surface area contributed by atoms with Gasteiger partial charge < -0.3 is 10.2 Å². The van der Waals surface area contributed by atoms with Crippen molar-refractivity contribution in [3.63, 3.8) is 0 Å². The zero-order valence-electron chi connectivity index (χ0n) is 13.0. The molecule has 4 nitrogen and oxygen atoms in total. The number of halogens is 1. The van der Waals surface area contributed by atoms with Crippen LogP contribution in [0, 0.1) is 12.8 Å². The van der Waals surface area contributed by atoms with E-state index in [0.717, 1.165) is 23.8 Å². The van der Waals surface area contributed by atoms with Crippen molar-refractivity contribution in [2.45, 2.75) is 45.4 Å². The van der Waals surface area contributed by atoms with Gasteiger partial charge in [-0.1, -0.05) is 18.5 Å². The molecule has 0 amide bonds. The molecule has 2 aliphatic rings. The van der Waals surface area contributed by atoms with Crippen molar-refractivity contribution < 1.29 is 0 Å². The van der Waals surface area contributed by atoms with Crippen LogP contribution in [0.15, 0.2) is 0 Å². The number of hydrogen-bond acceptors (Lipinski definition) is 4. The number of rotatable bonds is 6. The van der Waals surface area contributed by atoms with Crippen molar-refractivity contribution in [1.82, 2.24) is 14.9 Å². The second-order valence-corrected chi connectivity index (χ2v) is 6.97. The van der Waals surface area contributed by atoms with Crippen LogP contribution in [-0.2, 0) is 0 Å². The number of nitrogens with one attached hydrogen (secondary N) is 1. The number of nitrogens with zero attached hydrogens (tertiary/aromatic N) is 3. The SMILES string of the molecule is Cc1c(Cl)nc(C2CC2)nc1NCC(C)CN1CCCC1. The van der Waals surface area contributed by atoms with E-state index in [0.29, 0.717) is 17.0 Å². The molecule has 0 bridgehead atoms. The maximum atomic E-state index is 6.24. The topological polar surface area (TPSA) is 41.1 Å². The maximum Gasteiger partial charge on any atom is 0.137 e. The van der Waals surface area contributed by atoms with E-state index in [-0.39, 0.29) is 0 Å². The molecule has 1 atom stereocenters. The molecule has 1 unspecified atom stereocenters. The monoisotopic (exact) mass is 308 g/mol. The van der Waals surface area contributed by atoms with E-state index in [1.165, 1.54) is 45.3 Å². The molecular formula is C16H25ClN4. The molecule has 21 heavy (non-hydrogen) atoms. The average molecular weight is 309 g/mol. The van der Waals surface area contributed by atoms with Crippen LogP contribution in [0.5, 0.6) is 0 Å². The highest BCUT2D eigenvalue weighted by molar-refractivity contribution is 6.30. The van der Waals surface area contributed by atoms with Crippen LogP contribution < -0.4 is 5.32 Å². The zero-order valence-corrected chi connectivity index (χ0v) is 13.8. The van der Waals surface area contributed by atoms with Crippen LogP contribution >= 0.6 is 11.6 Å². The summed E-state index contributed by atoms with van der Waals surface area (Å²) in [5.41, 5.74) is 0.967. The third kappa shape index (κ3) is 3.86. The average Bonchev–Trinajstić information content (AvgIpc) is 3.19. The number of aromatic nitrogens is 2. The molecule has 116 valence electrons. The Bertz CT molecular complexity index is 495. The first kappa shape index (κ1) is 15.0. The molecule has 1 aliphatic heterocycles. The lowest BCUT2D eigenvalue weighted by Gasteiger charge is -2.21. The van der Waals surface area contributed by atoms with Crippen molar-refractivity contribution in [3.05, 3.63) is 16.5 Å². The molecule has 1 saturated carbocycles. The van der Waals surface area contributed by atoms with Crippen molar-refractivity contribution in [1.29, 1.82) is 0 Å². The molecule has 3 rings (SSSR count). The fourth-order valence-electron chi connectivity index (χ4n) is 2.94. The van der Waals surface area contributed by atoms with E-state index in [2.05, 4.69) is 27.1 Å². The standard InChI is InChI=1S/C16H25ClN4/c1-11(10-21-7-3-4-8-21)9-18-15-12(2)14(17)19-16(20-15)13-5-6-13/h11,13H,3-10H2,1-2H3,(H,18,19,20). The summed E-state index contributed by atoms with van der Waals surface area (Å²) in [6.07, 6.45) is 5.10. The highest BCUT2D eigenvalue weighted by Gasteiger charge is 2.28. The van der Waals surface area contributed by atoms with Crippen LogP contribution in [-0.4, -0.2) is 41.0 Å². The van der Waals surface area contributed by atoms with Gasteiger partial charge in [0.1, 0.15) is 16.8 Å². The molecule has 0 aromatic carbocycles. The van der Waals surface area contributed by atoms with Gasteiger partial charge in [0.25, 0.3) is 0 Å². The highest BCUT2D eigenvalue weighted by atomic mass is 35.5. The lowest BCUT2D eigenvalue weighted by Crippen LogP contribution is -2.29. The second kappa shape index (κ2) is 6.49. The smallest absolute Gasteiger partial charge is 0.137 e. The quantitative estimate of drug-likeness (QED) is 0.817. The Morgan fingerprint density at radius 1 is 1.29 bits per heavy atom. The van der Waals surface area contributed by atoms with Gasteiger partial charge in [-0.25, -0.2) is 9.97 Å². The van der Waals surface area contributed by atoms with Gasteiger partial charge in [0.05, 0.1) is 0 Å². The van der Waals surface area contributed by atoms with E-state index in [1.54, 1.807) is 0 Å².